The summed E-state index contributed by atoms with van der Waals surface area (Å²) in [5.41, 5.74) is 7.39. The van der Waals surface area contributed by atoms with Gasteiger partial charge >= 0.3 is 5.97 Å². The molecule has 0 heterocycles. The first kappa shape index (κ1) is 17.6. The zero-order chi connectivity index (χ0) is 17.5. The lowest BCUT2D eigenvalue weighted by Crippen LogP contribution is -2.23. The second-order valence-corrected chi connectivity index (χ2v) is 5.66. The maximum Gasteiger partial charge on any atom is 0.337 e. The molecule has 2 aromatic rings. The van der Waals surface area contributed by atoms with Crippen molar-refractivity contribution in [1.29, 1.82) is 0 Å². The minimum Gasteiger partial charge on any atom is -0.465 e. The fraction of sp³-hybridized carbons (Fsp3) is 0.167. The van der Waals surface area contributed by atoms with Crippen LogP contribution in [0.5, 0.6) is 0 Å². The molecule has 0 aliphatic rings. The molecule has 0 aromatic heterocycles. The van der Waals surface area contributed by atoms with Crippen LogP contribution in [0.15, 0.2) is 47.6 Å². The molecule has 0 radical (unpaired) electrons. The standard InChI is InChI=1S/C18H19N3O2S/c1-12-4-5-15(13(2)10-12)11-19-21-18(24)20-16-8-6-14(7-9-16)17(22)23-3/h4-11H,1-3H3,(H2,20,21,24)/b19-11-. The summed E-state index contributed by atoms with van der Waals surface area (Å²) in [5.74, 6) is -0.375. The Kier molecular flexibility index (Phi) is 6.03. The third-order valence-electron chi connectivity index (χ3n) is 3.36. The lowest BCUT2D eigenvalue weighted by Gasteiger charge is -2.08. The van der Waals surface area contributed by atoms with Gasteiger partial charge < -0.3 is 10.1 Å². The monoisotopic (exact) mass is 341 g/mol. The van der Waals surface area contributed by atoms with E-state index in [-0.39, 0.29) is 5.97 Å². The van der Waals surface area contributed by atoms with Crippen molar-refractivity contribution >= 4 is 35.2 Å². The van der Waals surface area contributed by atoms with Gasteiger partial charge in [0.15, 0.2) is 5.11 Å². The summed E-state index contributed by atoms with van der Waals surface area (Å²) in [4.78, 5) is 11.4. The molecule has 5 nitrogen and oxygen atoms in total. The number of carbonyl (C=O) groups is 1. The molecule has 0 saturated carbocycles. The van der Waals surface area contributed by atoms with E-state index in [1.807, 2.05) is 19.1 Å². The third-order valence-corrected chi connectivity index (χ3v) is 3.55. The SMILES string of the molecule is COC(=O)c1ccc(NC(=S)N/N=C\c2ccc(C)cc2C)cc1. The van der Waals surface area contributed by atoms with Gasteiger partial charge in [-0.1, -0.05) is 23.8 Å². The molecule has 2 rings (SSSR count). The number of hydrogen-bond acceptors (Lipinski definition) is 4. The number of methoxy groups -OCH3 is 1. The lowest BCUT2D eigenvalue weighted by atomic mass is 10.1. The van der Waals surface area contributed by atoms with Crippen LogP contribution >= 0.6 is 12.2 Å². The number of ether oxygens (including phenoxy) is 1. The molecule has 0 aliphatic heterocycles. The zero-order valence-corrected chi connectivity index (χ0v) is 14.6. The average Bonchev–Trinajstić information content (AvgIpc) is 2.57. The zero-order valence-electron chi connectivity index (χ0n) is 13.8. The highest BCUT2D eigenvalue weighted by atomic mass is 32.1. The maximum absolute atomic E-state index is 11.4. The summed E-state index contributed by atoms with van der Waals surface area (Å²) in [7, 11) is 1.35. The number of hydrogen-bond donors (Lipinski definition) is 2. The Bertz CT molecular complexity index is 770. The first-order valence-electron chi connectivity index (χ1n) is 7.35. The molecule has 0 fully saturated rings. The predicted octanol–water partition coefficient (Wildman–Crippen LogP) is 3.41. The Hall–Kier alpha value is -2.73. The van der Waals surface area contributed by atoms with Gasteiger partial charge in [-0.05, 0) is 61.5 Å². The molecule has 0 spiro atoms. The van der Waals surface area contributed by atoms with Gasteiger partial charge in [-0.25, -0.2) is 4.79 Å². The first-order valence-corrected chi connectivity index (χ1v) is 7.76. The Labute approximate surface area is 146 Å². The number of thiocarbonyl (C=S) groups is 1. The van der Waals surface area contributed by atoms with Gasteiger partial charge in [-0.15, -0.1) is 0 Å². The minimum atomic E-state index is -0.375. The second-order valence-electron chi connectivity index (χ2n) is 5.25. The largest absolute Gasteiger partial charge is 0.465 e. The quantitative estimate of drug-likeness (QED) is 0.386. The highest BCUT2D eigenvalue weighted by Crippen LogP contribution is 2.10. The summed E-state index contributed by atoms with van der Waals surface area (Å²) >= 11 is 5.18. The second kappa shape index (κ2) is 8.21. The van der Waals surface area contributed by atoms with Crippen molar-refractivity contribution < 1.29 is 9.53 Å². The Balaban J connectivity index is 1.91. The molecule has 24 heavy (non-hydrogen) atoms. The first-order chi connectivity index (χ1) is 11.5. The lowest BCUT2D eigenvalue weighted by molar-refractivity contribution is 0.0601. The van der Waals surface area contributed by atoms with Crippen molar-refractivity contribution in [2.75, 3.05) is 12.4 Å². The minimum absolute atomic E-state index is 0.363. The third kappa shape index (κ3) is 4.89. The summed E-state index contributed by atoms with van der Waals surface area (Å²) in [6, 6.07) is 13.0. The van der Waals surface area contributed by atoms with Crippen LogP contribution in [0.3, 0.4) is 0 Å². The van der Waals surface area contributed by atoms with E-state index in [4.69, 9.17) is 12.2 Å². The van der Waals surface area contributed by atoms with Crippen LogP contribution in [-0.4, -0.2) is 24.4 Å². The van der Waals surface area contributed by atoms with Crippen molar-refractivity contribution in [2.24, 2.45) is 5.10 Å². The molecule has 0 unspecified atom stereocenters. The number of nitrogens with one attached hydrogen (secondary N) is 2. The van der Waals surface area contributed by atoms with E-state index < -0.39 is 0 Å². The Morgan fingerprint density at radius 3 is 2.50 bits per heavy atom. The normalized spacial score (nSPS) is 10.5. The van der Waals surface area contributed by atoms with Crippen LogP contribution < -0.4 is 10.7 Å². The molecule has 0 aliphatic carbocycles. The van der Waals surface area contributed by atoms with Gasteiger partial charge in [0.05, 0.1) is 18.9 Å². The van der Waals surface area contributed by atoms with Crippen LogP contribution in [0.25, 0.3) is 0 Å². The highest BCUT2D eigenvalue weighted by Gasteiger charge is 2.04. The molecule has 2 aromatic carbocycles. The van der Waals surface area contributed by atoms with Crippen molar-refractivity contribution in [3.05, 3.63) is 64.7 Å². The molecular formula is C18H19N3O2S. The molecule has 124 valence electrons. The summed E-state index contributed by atoms with van der Waals surface area (Å²) in [6.45, 7) is 4.09. The van der Waals surface area contributed by atoms with E-state index in [1.54, 1.807) is 30.5 Å². The molecule has 2 N–H and O–H groups in total. The maximum atomic E-state index is 11.4. The molecule has 0 bridgehead atoms. The van der Waals surface area contributed by atoms with E-state index in [9.17, 15) is 4.79 Å². The van der Waals surface area contributed by atoms with Crippen molar-refractivity contribution in [1.82, 2.24) is 5.43 Å². The summed E-state index contributed by atoms with van der Waals surface area (Å²) < 4.78 is 4.65. The molecule has 0 amide bonds. The number of hydrazone groups is 1. The van der Waals surface area contributed by atoms with Crippen molar-refractivity contribution in [3.63, 3.8) is 0 Å². The van der Waals surface area contributed by atoms with Gasteiger partial charge in [-0.3, -0.25) is 5.43 Å². The Morgan fingerprint density at radius 2 is 1.88 bits per heavy atom. The van der Waals surface area contributed by atoms with Gasteiger partial charge in [-0.2, -0.15) is 5.10 Å². The fourth-order valence-electron chi connectivity index (χ4n) is 2.10. The predicted molar refractivity (Wildman–Crippen MR) is 101 cm³/mol. The van der Waals surface area contributed by atoms with E-state index in [0.29, 0.717) is 10.7 Å². The van der Waals surface area contributed by atoms with Crippen LogP contribution in [0, 0.1) is 13.8 Å². The van der Waals surface area contributed by atoms with Gasteiger partial charge in [0.1, 0.15) is 0 Å². The van der Waals surface area contributed by atoms with E-state index in [0.717, 1.165) is 16.8 Å². The van der Waals surface area contributed by atoms with E-state index in [2.05, 4.69) is 33.6 Å². The van der Waals surface area contributed by atoms with Crippen molar-refractivity contribution in [2.45, 2.75) is 13.8 Å². The topological polar surface area (TPSA) is 62.7 Å². The average molecular weight is 341 g/mol. The number of nitrogens with zero attached hydrogens (tertiary/aromatic N) is 1. The Morgan fingerprint density at radius 1 is 1.17 bits per heavy atom. The van der Waals surface area contributed by atoms with Crippen LogP contribution in [-0.2, 0) is 4.74 Å². The number of rotatable bonds is 4. The number of benzene rings is 2. The van der Waals surface area contributed by atoms with E-state index >= 15 is 0 Å². The molecule has 6 heteroatoms. The number of esters is 1. The number of carbonyl (C=O) groups excluding carboxylic acids is 1. The van der Waals surface area contributed by atoms with Crippen LogP contribution in [0.1, 0.15) is 27.0 Å². The fourth-order valence-corrected chi connectivity index (χ4v) is 2.27. The highest BCUT2D eigenvalue weighted by molar-refractivity contribution is 7.80. The van der Waals surface area contributed by atoms with Crippen LogP contribution in [0.4, 0.5) is 5.69 Å². The van der Waals surface area contributed by atoms with Crippen LogP contribution in [0.2, 0.25) is 0 Å². The van der Waals surface area contributed by atoms with Gasteiger partial charge in [0, 0.05) is 5.69 Å². The van der Waals surface area contributed by atoms with Gasteiger partial charge in [0.2, 0.25) is 0 Å². The summed E-state index contributed by atoms with van der Waals surface area (Å²) in [6.07, 6.45) is 1.73. The molecule has 0 atom stereocenters. The smallest absolute Gasteiger partial charge is 0.337 e. The van der Waals surface area contributed by atoms with Crippen molar-refractivity contribution in [3.8, 4) is 0 Å². The summed E-state index contributed by atoms with van der Waals surface area (Å²) in [5, 5.41) is 7.49. The number of anilines is 1. The molecule has 0 saturated heterocycles. The number of aryl methyl sites for hydroxylation is 2. The molecular weight excluding hydrogens is 322 g/mol. The van der Waals surface area contributed by atoms with Gasteiger partial charge in [0.25, 0.3) is 0 Å². The van der Waals surface area contributed by atoms with E-state index in [1.165, 1.54) is 12.7 Å².